The maximum absolute atomic E-state index is 14.7. The summed E-state index contributed by atoms with van der Waals surface area (Å²) < 4.78 is 4.95. The number of thioether (sulfide) groups is 1. The molecule has 2 bridgehead atoms. The third kappa shape index (κ3) is 5.53. The minimum absolute atomic E-state index is 0.00929. The number of carbonyl (C=O) groups is 3. The molecule has 40 heavy (non-hydrogen) atoms. The molecule has 3 heterocycles. The Morgan fingerprint density at radius 3 is 2.58 bits per heavy atom. The van der Waals surface area contributed by atoms with Crippen LogP contribution >= 0.6 is 27.7 Å². The van der Waals surface area contributed by atoms with Gasteiger partial charge in [-0.25, -0.2) is 0 Å². The highest BCUT2D eigenvalue weighted by atomic mass is 79.9. The number of likely N-dealkylation sites (tertiary alicyclic amines) is 1. The van der Waals surface area contributed by atoms with E-state index >= 15 is 0 Å². The first-order chi connectivity index (χ1) is 19.2. The van der Waals surface area contributed by atoms with E-state index in [1.54, 1.807) is 33.7 Å². The number of aryl methyl sites for hydroxylation is 2. The average Bonchev–Trinajstić information content (AvgIpc) is 3.51. The number of para-hydroxylation sites is 1. The molecule has 3 saturated heterocycles. The number of hydrogen-bond acceptors (Lipinski definition) is 6. The van der Waals surface area contributed by atoms with Crippen molar-refractivity contribution in [2.45, 2.75) is 73.2 Å². The van der Waals surface area contributed by atoms with Gasteiger partial charge < -0.3 is 19.6 Å². The second-order valence-electron chi connectivity index (χ2n) is 11.1. The summed E-state index contributed by atoms with van der Waals surface area (Å²) in [6, 6.07) is 5.23. The molecule has 1 spiro atoms. The molecule has 2 amide bonds. The number of unbranched alkanes of at least 4 members (excludes halogenated alkanes) is 3. The van der Waals surface area contributed by atoms with Gasteiger partial charge in [0.05, 0.1) is 23.2 Å². The van der Waals surface area contributed by atoms with Crippen LogP contribution in [0.25, 0.3) is 0 Å². The Morgan fingerprint density at radius 2 is 1.93 bits per heavy atom. The van der Waals surface area contributed by atoms with Crippen LogP contribution in [-0.2, 0) is 19.1 Å². The molecule has 3 fully saturated rings. The van der Waals surface area contributed by atoms with Crippen LogP contribution in [0.3, 0.4) is 0 Å². The van der Waals surface area contributed by atoms with Gasteiger partial charge in [0.25, 0.3) is 5.91 Å². The zero-order chi connectivity index (χ0) is 29.0. The van der Waals surface area contributed by atoms with Crippen LogP contribution in [0, 0.1) is 25.7 Å². The summed E-state index contributed by atoms with van der Waals surface area (Å²) in [4.78, 5) is 45.9. The Labute approximate surface area is 250 Å². The molecule has 0 radical (unpaired) electrons. The molecule has 7 nitrogen and oxygen atoms in total. The average molecular weight is 634 g/mol. The number of rotatable bonds is 14. The monoisotopic (exact) mass is 632 g/mol. The van der Waals surface area contributed by atoms with Gasteiger partial charge in [-0.3, -0.25) is 14.4 Å². The summed E-state index contributed by atoms with van der Waals surface area (Å²) in [6.45, 7) is 12.7. The number of carbonyl (C=O) groups excluding carboxylic acids is 3. The van der Waals surface area contributed by atoms with Crippen LogP contribution in [-0.4, -0.2) is 75.0 Å². The first-order valence-corrected chi connectivity index (χ1v) is 16.0. The largest absolute Gasteiger partial charge is 0.465 e. The summed E-state index contributed by atoms with van der Waals surface area (Å²) in [5.74, 6) is -1.84. The predicted molar refractivity (Wildman–Crippen MR) is 164 cm³/mol. The zero-order valence-electron chi connectivity index (χ0n) is 23.5. The smallest absolute Gasteiger partial charge is 0.310 e. The minimum atomic E-state index is -0.731. The van der Waals surface area contributed by atoms with Crippen molar-refractivity contribution < 1.29 is 24.2 Å². The molecule has 3 aliphatic heterocycles. The number of benzene rings is 1. The van der Waals surface area contributed by atoms with Gasteiger partial charge in [0.15, 0.2) is 0 Å². The normalized spacial score (nSPS) is 28.4. The Hall–Kier alpha value is -2.10. The van der Waals surface area contributed by atoms with E-state index in [1.807, 2.05) is 32.0 Å². The van der Waals surface area contributed by atoms with Crippen molar-refractivity contribution in [2.75, 3.05) is 31.2 Å². The van der Waals surface area contributed by atoms with Crippen LogP contribution in [0.15, 0.2) is 43.5 Å². The van der Waals surface area contributed by atoms with E-state index in [0.29, 0.717) is 38.8 Å². The molecule has 0 saturated carbocycles. The third-order valence-corrected chi connectivity index (χ3v) is 11.7. The van der Waals surface area contributed by atoms with Crippen molar-refractivity contribution in [3.05, 3.63) is 54.6 Å². The summed E-state index contributed by atoms with van der Waals surface area (Å²) in [7, 11) is 0. The molecule has 3 aliphatic rings. The number of aliphatic hydroxyl groups is 1. The summed E-state index contributed by atoms with van der Waals surface area (Å²) in [5, 5.41) is 9.15. The topological polar surface area (TPSA) is 87.2 Å². The number of amides is 2. The summed E-state index contributed by atoms with van der Waals surface area (Å²) >= 11 is 5.44. The van der Waals surface area contributed by atoms with Gasteiger partial charge in [-0.15, -0.1) is 24.9 Å². The highest BCUT2D eigenvalue weighted by molar-refractivity contribution is 9.09. The summed E-state index contributed by atoms with van der Waals surface area (Å²) in [6.07, 6.45) is 7.63. The Balaban J connectivity index is 1.73. The number of alkyl halides is 1. The fourth-order valence-electron chi connectivity index (χ4n) is 6.79. The van der Waals surface area contributed by atoms with Crippen molar-refractivity contribution in [3.8, 4) is 0 Å². The Bertz CT molecular complexity index is 1120. The van der Waals surface area contributed by atoms with E-state index in [9.17, 15) is 19.5 Å². The van der Waals surface area contributed by atoms with Gasteiger partial charge in [-0.05, 0) is 63.5 Å². The van der Waals surface area contributed by atoms with Gasteiger partial charge in [0.2, 0.25) is 5.91 Å². The van der Waals surface area contributed by atoms with E-state index in [-0.39, 0.29) is 41.1 Å². The number of nitrogens with zero attached hydrogens (tertiary/aromatic N) is 2. The van der Waals surface area contributed by atoms with Crippen LogP contribution in [0.5, 0.6) is 0 Å². The zero-order valence-corrected chi connectivity index (χ0v) is 25.9. The highest BCUT2D eigenvalue weighted by Crippen LogP contribution is 2.68. The van der Waals surface area contributed by atoms with Crippen molar-refractivity contribution in [3.63, 3.8) is 0 Å². The Morgan fingerprint density at radius 1 is 1.20 bits per heavy atom. The fraction of sp³-hybridized carbons (Fsp3) is 0.581. The lowest BCUT2D eigenvalue weighted by atomic mass is 9.71. The minimum Gasteiger partial charge on any atom is -0.465 e. The lowest BCUT2D eigenvalue weighted by Gasteiger charge is -2.38. The standard InChI is InChI=1S/C31H41BrN2O5S/c1-5-7-11-18-39-30(38)23-24-28(36)34(16-9-8-10-17-35)27(31(24)19-22(32)26(23)40-31)29(37)33(15-6-2)25-20(3)13-12-14-21(25)4/h5-6,12-14,22-24,26-27,35H,1-2,7-11,15-19H2,3-4H3/t22?,23-,24+,26-,27?,31?/m1/s1. The first kappa shape index (κ1) is 30.8. The van der Waals surface area contributed by atoms with Gasteiger partial charge in [0, 0.05) is 35.5 Å². The highest BCUT2D eigenvalue weighted by Gasteiger charge is 2.76. The molecule has 3 unspecified atom stereocenters. The van der Waals surface area contributed by atoms with E-state index in [0.717, 1.165) is 29.7 Å². The van der Waals surface area contributed by atoms with Crippen LogP contribution in [0.1, 0.15) is 49.7 Å². The SMILES string of the molecule is C=CCCCOC(=O)[C@H]1[C@@H]2SC3(CC2Br)C(C(=O)N(CC=C)c2c(C)cccc2C)N(CCCCCO)C(=O)[C@H]13. The molecule has 0 aliphatic carbocycles. The van der Waals surface area contributed by atoms with E-state index < -0.39 is 22.6 Å². The lowest BCUT2D eigenvalue weighted by molar-refractivity contribution is -0.154. The van der Waals surface area contributed by atoms with E-state index in [1.165, 1.54) is 0 Å². The lowest BCUT2D eigenvalue weighted by Crippen LogP contribution is -2.56. The fourth-order valence-corrected chi connectivity index (χ4v) is 10.4. The molecular formula is C31H41BrN2O5S. The van der Waals surface area contributed by atoms with Gasteiger partial charge in [-0.2, -0.15) is 0 Å². The maximum Gasteiger partial charge on any atom is 0.310 e. The number of allylic oxidation sites excluding steroid dienone is 1. The predicted octanol–water partition coefficient (Wildman–Crippen LogP) is 4.96. The number of hydrogen-bond donors (Lipinski definition) is 1. The first-order valence-electron chi connectivity index (χ1n) is 14.2. The number of esters is 1. The number of halogens is 1. The van der Waals surface area contributed by atoms with Crippen molar-refractivity contribution in [1.29, 1.82) is 0 Å². The number of fused-ring (bicyclic) bond motifs is 1. The van der Waals surface area contributed by atoms with E-state index in [4.69, 9.17) is 4.74 Å². The maximum atomic E-state index is 14.7. The second-order valence-corrected chi connectivity index (χ2v) is 13.8. The molecule has 6 atom stereocenters. The van der Waals surface area contributed by atoms with Gasteiger partial charge >= 0.3 is 5.97 Å². The van der Waals surface area contributed by atoms with E-state index in [2.05, 4.69) is 29.1 Å². The summed E-state index contributed by atoms with van der Waals surface area (Å²) in [5.41, 5.74) is 2.79. The quantitative estimate of drug-likeness (QED) is 0.135. The van der Waals surface area contributed by atoms with Crippen molar-refractivity contribution in [1.82, 2.24) is 4.90 Å². The van der Waals surface area contributed by atoms with Gasteiger partial charge in [0.1, 0.15) is 6.04 Å². The molecular weight excluding hydrogens is 592 g/mol. The molecule has 0 aromatic heterocycles. The van der Waals surface area contributed by atoms with Crippen molar-refractivity contribution >= 4 is 51.2 Å². The number of ether oxygens (including phenoxy) is 1. The van der Waals surface area contributed by atoms with Crippen molar-refractivity contribution in [2.24, 2.45) is 11.8 Å². The molecule has 218 valence electrons. The molecule has 9 heteroatoms. The molecule has 1 aromatic carbocycles. The molecule has 1 N–H and O–H groups in total. The number of aliphatic hydroxyl groups excluding tert-OH is 1. The molecule has 4 rings (SSSR count). The van der Waals surface area contributed by atoms with Gasteiger partial charge in [-0.1, -0.05) is 46.3 Å². The third-order valence-electron chi connectivity index (χ3n) is 8.44. The number of anilines is 1. The Kier molecular flexibility index (Phi) is 10.2. The van der Waals surface area contributed by atoms with Crippen LogP contribution in [0.4, 0.5) is 5.69 Å². The second kappa shape index (κ2) is 13.3. The van der Waals surface area contributed by atoms with Crippen LogP contribution < -0.4 is 4.90 Å². The van der Waals surface area contributed by atoms with Crippen LogP contribution in [0.2, 0.25) is 0 Å². The molecule has 1 aromatic rings.